The molecule has 0 fully saturated rings. The minimum absolute atomic E-state index is 0.0380. The maximum Gasteiger partial charge on any atom is 0.170 e. The van der Waals surface area contributed by atoms with Gasteiger partial charge in [0.05, 0.1) is 6.42 Å². The summed E-state index contributed by atoms with van der Waals surface area (Å²) in [6.07, 6.45) is 5.02. The Hall–Kier alpha value is -2.04. The fourth-order valence-electron chi connectivity index (χ4n) is 1.51. The molecular formula is C11H12N4O. The Balaban J connectivity index is 2.22. The second kappa shape index (κ2) is 4.22. The third-order valence-corrected chi connectivity index (χ3v) is 2.44. The molecule has 82 valence electrons. The molecule has 2 heterocycles. The topological polar surface area (TPSA) is 60.7 Å². The number of nitrogens with zero attached hydrogens (tertiary/aromatic N) is 4. The molecule has 0 aliphatic carbocycles. The summed E-state index contributed by atoms with van der Waals surface area (Å²) in [6.45, 7) is 1.87. The van der Waals surface area contributed by atoms with Crippen LogP contribution < -0.4 is 0 Å². The first kappa shape index (κ1) is 10.5. The molecule has 2 rings (SSSR count). The van der Waals surface area contributed by atoms with Crippen molar-refractivity contribution in [2.45, 2.75) is 13.3 Å². The fraction of sp³-hybridized carbons (Fsp3) is 0.273. The molecule has 0 N–H and O–H groups in total. The number of aryl methyl sites for hydroxylation is 2. The first-order chi connectivity index (χ1) is 7.68. The number of pyridine rings is 1. The lowest BCUT2D eigenvalue weighted by Crippen LogP contribution is -2.10. The quantitative estimate of drug-likeness (QED) is 0.716. The number of carbonyl (C=O) groups is 1. The second-order valence-electron chi connectivity index (χ2n) is 3.59. The summed E-state index contributed by atoms with van der Waals surface area (Å²) >= 11 is 0. The standard InChI is InChI=1S/C11H12N4O/c1-8-6-12-4-3-9(8)10(16)5-11-13-7-14-15(11)2/h3-4,6-7H,5H2,1-2H3. The van der Waals surface area contributed by atoms with Gasteiger partial charge in [-0.3, -0.25) is 14.5 Å². The summed E-state index contributed by atoms with van der Waals surface area (Å²) < 4.78 is 1.61. The highest BCUT2D eigenvalue weighted by atomic mass is 16.1. The van der Waals surface area contributed by atoms with Gasteiger partial charge in [-0.15, -0.1) is 0 Å². The van der Waals surface area contributed by atoms with E-state index in [-0.39, 0.29) is 12.2 Å². The maximum atomic E-state index is 12.0. The van der Waals surface area contributed by atoms with E-state index in [1.165, 1.54) is 6.33 Å². The third-order valence-electron chi connectivity index (χ3n) is 2.44. The van der Waals surface area contributed by atoms with E-state index >= 15 is 0 Å². The number of hydrogen-bond acceptors (Lipinski definition) is 4. The molecule has 2 aromatic heterocycles. The van der Waals surface area contributed by atoms with Gasteiger partial charge in [0.15, 0.2) is 5.78 Å². The Bertz CT molecular complexity index is 518. The Morgan fingerprint density at radius 2 is 2.31 bits per heavy atom. The van der Waals surface area contributed by atoms with E-state index in [9.17, 15) is 4.79 Å². The number of aromatic nitrogens is 4. The predicted octanol–water partition coefficient (Wildman–Crippen LogP) is 0.944. The number of carbonyl (C=O) groups excluding carboxylic acids is 1. The molecule has 16 heavy (non-hydrogen) atoms. The van der Waals surface area contributed by atoms with Crippen LogP contribution in [0, 0.1) is 6.92 Å². The molecule has 0 atom stereocenters. The highest BCUT2D eigenvalue weighted by Gasteiger charge is 2.12. The van der Waals surface area contributed by atoms with Crippen molar-refractivity contribution in [3.05, 3.63) is 41.7 Å². The van der Waals surface area contributed by atoms with Gasteiger partial charge in [0.25, 0.3) is 0 Å². The average Bonchev–Trinajstić information content (AvgIpc) is 2.65. The molecular weight excluding hydrogens is 204 g/mol. The van der Waals surface area contributed by atoms with E-state index in [1.54, 1.807) is 30.2 Å². The SMILES string of the molecule is Cc1cnccc1C(=O)Cc1ncnn1C. The van der Waals surface area contributed by atoms with E-state index in [2.05, 4.69) is 15.1 Å². The van der Waals surface area contributed by atoms with Gasteiger partial charge in [-0.25, -0.2) is 4.98 Å². The summed E-state index contributed by atoms with van der Waals surface area (Å²) in [4.78, 5) is 20.0. The molecule has 0 spiro atoms. The van der Waals surface area contributed by atoms with Crippen molar-refractivity contribution in [3.8, 4) is 0 Å². The molecule has 0 aromatic carbocycles. The molecule has 2 aromatic rings. The lowest BCUT2D eigenvalue weighted by molar-refractivity contribution is 0.0989. The fourth-order valence-corrected chi connectivity index (χ4v) is 1.51. The van der Waals surface area contributed by atoms with Crippen LogP contribution >= 0.6 is 0 Å². The smallest absolute Gasteiger partial charge is 0.170 e. The minimum Gasteiger partial charge on any atom is -0.294 e. The monoisotopic (exact) mass is 216 g/mol. The van der Waals surface area contributed by atoms with Crippen molar-refractivity contribution in [1.29, 1.82) is 0 Å². The normalized spacial score (nSPS) is 10.4. The molecule has 0 aliphatic heterocycles. The van der Waals surface area contributed by atoms with E-state index in [4.69, 9.17) is 0 Å². The molecule has 0 radical (unpaired) electrons. The average molecular weight is 216 g/mol. The summed E-state index contributed by atoms with van der Waals surface area (Å²) in [5, 5.41) is 3.93. The van der Waals surface area contributed by atoms with Crippen LogP contribution in [0.3, 0.4) is 0 Å². The van der Waals surface area contributed by atoms with Crippen LogP contribution in [-0.2, 0) is 13.5 Å². The van der Waals surface area contributed by atoms with Gasteiger partial charge in [0.2, 0.25) is 0 Å². The number of rotatable bonds is 3. The van der Waals surface area contributed by atoms with Gasteiger partial charge < -0.3 is 0 Å². The zero-order valence-corrected chi connectivity index (χ0v) is 9.21. The van der Waals surface area contributed by atoms with Gasteiger partial charge in [0.1, 0.15) is 12.2 Å². The Morgan fingerprint density at radius 1 is 1.50 bits per heavy atom. The zero-order chi connectivity index (χ0) is 11.5. The zero-order valence-electron chi connectivity index (χ0n) is 9.21. The summed E-state index contributed by atoms with van der Waals surface area (Å²) in [5.41, 5.74) is 1.58. The van der Waals surface area contributed by atoms with Gasteiger partial charge in [-0.05, 0) is 18.6 Å². The van der Waals surface area contributed by atoms with Crippen LogP contribution in [0.2, 0.25) is 0 Å². The van der Waals surface area contributed by atoms with Crippen LogP contribution in [0.5, 0.6) is 0 Å². The maximum absolute atomic E-state index is 12.0. The summed E-state index contributed by atoms with van der Waals surface area (Å²) in [6, 6.07) is 1.73. The van der Waals surface area contributed by atoms with Gasteiger partial charge in [-0.2, -0.15) is 5.10 Å². The minimum atomic E-state index is 0.0380. The van der Waals surface area contributed by atoms with E-state index < -0.39 is 0 Å². The lowest BCUT2D eigenvalue weighted by Gasteiger charge is -2.03. The number of ketones is 1. The van der Waals surface area contributed by atoms with Crippen LogP contribution in [0.1, 0.15) is 21.7 Å². The number of hydrogen-bond donors (Lipinski definition) is 0. The molecule has 0 aliphatic rings. The molecule has 0 saturated carbocycles. The highest BCUT2D eigenvalue weighted by Crippen LogP contribution is 2.08. The molecule has 0 unspecified atom stereocenters. The van der Waals surface area contributed by atoms with Crippen molar-refractivity contribution in [1.82, 2.24) is 19.7 Å². The Labute approximate surface area is 93.2 Å². The first-order valence-corrected chi connectivity index (χ1v) is 4.95. The highest BCUT2D eigenvalue weighted by molar-refractivity contribution is 5.98. The Morgan fingerprint density at radius 3 is 2.94 bits per heavy atom. The largest absolute Gasteiger partial charge is 0.294 e. The van der Waals surface area contributed by atoms with Gasteiger partial charge >= 0.3 is 0 Å². The molecule has 0 saturated heterocycles. The van der Waals surface area contributed by atoms with Gasteiger partial charge in [-0.1, -0.05) is 0 Å². The summed E-state index contributed by atoms with van der Waals surface area (Å²) in [7, 11) is 1.77. The molecule has 5 heteroatoms. The van der Waals surface area contributed by atoms with Crippen LogP contribution in [0.4, 0.5) is 0 Å². The van der Waals surface area contributed by atoms with Crippen molar-refractivity contribution >= 4 is 5.78 Å². The van der Waals surface area contributed by atoms with Crippen LogP contribution in [0.25, 0.3) is 0 Å². The Kier molecular flexibility index (Phi) is 2.76. The second-order valence-corrected chi connectivity index (χ2v) is 3.59. The van der Waals surface area contributed by atoms with Crippen molar-refractivity contribution in [2.24, 2.45) is 7.05 Å². The van der Waals surface area contributed by atoms with Crippen molar-refractivity contribution < 1.29 is 4.79 Å². The first-order valence-electron chi connectivity index (χ1n) is 4.95. The summed E-state index contributed by atoms with van der Waals surface area (Å²) in [5.74, 6) is 0.706. The van der Waals surface area contributed by atoms with E-state index in [0.29, 0.717) is 11.4 Å². The van der Waals surface area contributed by atoms with Crippen LogP contribution in [-0.4, -0.2) is 25.5 Å². The predicted molar refractivity (Wildman–Crippen MR) is 58.0 cm³/mol. The van der Waals surface area contributed by atoms with Gasteiger partial charge in [0, 0.05) is 25.0 Å². The van der Waals surface area contributed by atoms with Crippen molar-refractivity contribution in [2.75, 3.05) is 0 Å². The lowest BCUT2D eigenvalue weighted by atomic mass is 10.1. The van der Waals surface area contributed by atoms with Crippen LogP contribution in [0.15, 0.2) is 24.8 Å². The van der Waals surface area contributed by atoms with Crippen molar-refractivity contribution in [3.63, 3.8) is 0 Å². The molecule has 0 amide bonds. The van der Waals surface area contributed by atoms with E-state index in [1.807, 2.05) is 6.92 Å². The molecule has 5 nitrogen and oxygen atoms in total. The third kappa shape index (κ3) is 1.98. The van der Waals surface area contributed by atoms with E-state index in [0.717, 1.165) is 5.56 Å². The molecule has 0 bridgehead atoms. The number of Topliss-reactive ketones (excluding diaryl/α,β-unsaturated/α-hetero) is 1.